The van der Waals surface area contributed by atoms with E-state index in [-0.39, 0.29) is 14.9 Å². The minimum absolute atomic E-state index is 0. The van der Waals surface area contributed by atoms with Crippen LogP contribution in [-0.2, 0) is 0 Å². The summed E-state index contributed by atoms with van der Waals surface area (Å²) >= 11 is 6.07. The predicted octanol–water partition coefficient (Wildman–Crippen LogP) is 8.36. The second-order valence-electron chi connectivity index (χ2n) is 32.9. The Morgan fingerprint density at radius 1 is 0.547 bits per heavy atom. The molecule has 0 heterocycles. The van der Waals surface area contributed by atoms with Crippen LogP contribution in [0.15, 0.2) is 0 Å². The third-order valence-corrected chi connectivity index (χ3v) is 41.8. The molecule has 64 heavy (non-hydrogen) atoms. The maximum Gasteiger partial charge on any atom is -0.140 e. The molecule has 0 aromatic heterocycles. The second kappa shape index (κ2) is 6.43. The summed E-state index contributed by atoms with van der Waals surface area (Å²) in [6.07, 6.45) is 18.7. The van der Waals surface area contributed by atoms with Crippen LogP contribution in [0.4, 0.5) is 4.20 Å². The summed E-state index contributed by atoms with van der Waals surface area (Å²) in [5.41, 5.74) is 22.9. The van der Waals surface area contributed by atoms with E-state index >= 15 is 0 Å². The van der Waals surface area contributed by atoms with Gasteiger partial charge in [-0.1, -0.05) is 30.2 Å². The second-order valence-corrected chi connectivity index (χ2v) is 33.9. The summed E-state index contributed by atoms with van der Waals surface area (Å²) in [7, 11) is 0.261. The molecule has 45 unspecified atom stereocenters. The van der Waals surface area contributed by atoms with Crippen LogP contribution in [0.25, 0.3) is 0 Å². The first-order valence-electron chi connectivity index (χ1n) is 28.4. The fourth-order valence-electron chi connectivity index (χ4n) is 49.9. The Balaban J connectivity index is 0.000000276. The largest absolute Gasteiger partial charge is 0.351 e. The van der Waals surface area contributed by atoms with Crippen molar-refractivity contribution in [2.45, 2.75) is 79.1 Å². The third kappa shape index (κ3) is 1.11. The van der Waals surface area contributed by atoms with Crippen molar-refractivity contribution in [3.63, 3.8) is 0 Å². The summed E-state index contributed by atoms with van der Waals surface area (Å²) in [6, 6.07) is 0. The average Bonchev–Trinajstić information content (AvgIpc) is 3.28. The predicted molar refractivity (Wildman–Crippen MR) is 243 cm³/mol. The van der Waals surface area contributed by atoms with Crippen LogP contribution >= 0.6 is 21.1 Å². The molecule has 32 rings (SSSR count). The van der Waals surface area contributed by atoms with Gasteiger partial charge in [-0.3, -0.25) is 4.20 Å². The summed E-state index contributed by atoms with van der Waals surface area (Å²) in [6.45, 7) is 3.39. The van der Waals surface area contributed by atoms with E-state index < -0.39 is 8.89 Å². The van der Waals surface area contributed by atoms with Crippen molar-refractivity contribution < 1.29 is 4.20 Å². The molecule has 0 saturated heterocycles. The van der Waals surface area contributed by atoms with Gasteiger partial charge in [-0.05, 0) is 309 Å². The van der Waals surface area contributed by atoms with E-state index in [1.54, 1.807) is 0 Å². The molecule has 32 fully saturated rings. The van der Waals surface area contributed by atoms with E-state index in [9.17, 15) is 4.20 Å². The van der Waals surface area contributed by atoms with Crippen LogP contribution in [0.2, 0.25) is 0 Å². The Morgan fingerprint density at radius 3 is 2.06 bits per heavy atom. The summed E-state index contributed by atoms with van der Waals surface area (Å²) in [5.74, 6) is 34.9. The van der Waals surface area contributed by atoms with Crippen LogP contribution in [0.5, 0.6) is 0 Å². The Hall–Kier alpha value is 1.06. The molecule has 0 aliphatic heterocycles. The molecule has 5 heteroatoms. The first-order chi connectivity index (χ1) is 30.7. The molecule has 32 aliphatic carbocycles. The zero-order valence-electron chi connectivity index (χ0n) is 35.6. The van der Waals surface area contributed by atoms with Gasteiger partial charge >= 0.3 is 21.0 Å². The molecule has 0 radical (unpaired) electrons. The van der Waals surface area contributed by atoms with Crippen LogP contribution < -0.4 is 0 Å². The number of hydrogen-bond donors (Lipinski definition) is 0. The molecule has 45 atom stereocenters. The molecule has 0 aromatic rings. The standard InChI is InChI=1S/C54H46.CHFPS.CHSe.CH5Si.2CH4/c1-4-37-28-17-7-15-22-12-6-16-26-18-8-19-27-20-9-21-42-14-3-2-11-24-30(28)46(37)35-34-36-48-32(33-31-25(11)44(24,46)47(31,35)45(33,34)48)29(14)50(42,48)52(36)39(5-1)38(16,10-13(12)23(22)40(15,17)37)49(26)41(18,19)51(27)43(20,21)54(42,52)53(39,49)51;2-3-1-4;2*1-2;;/h11-36H,1-10H2;3H;1H;1H2,2H3;2*1H4/q;3*-1;;. The number of hydrogen-bond acceptors (Lipinski definition) is 1. The Bertz CT molecular complexity index is 3110. The maximum atomic E-state index is 10.5. The van der Waals surface area contributed by atoms with E-state index in [1.807, 2.05) is 69.3 Å². The number of halogens is 1. The summed E-state index contributed by atoms with van der Waals surface area (Å²) in [5, 5.41) is 1.88. The van der Waals surface area contributed by atoms with Crippen LogP contribution in [0, 0.1) is 258 Å². The molecule has 0 amide bonds. The van der Waals surface area contributed by atoms with Crippen molar-refractivity contribution >= 4 is 57.5 Å². The smallest absolute Gasteiger partial charge is 0.140 e. The van der Waals surface area contributed by atoms with Crippen molar-refractivity contribution in [2.75, 3.05) is 0 Å². The van der Waals surface area contributed by atoms with E-state index in [1.165, 1.54) is 154 Å². The van der Waals surface area contributed by atoms with E-state index in [0.717, 1.165) is 108 Å². The summed E-state index contributed by atoms with van der Waals surface area (Å²) < 4.78 is 10.5. The normalized spacial score (nSPS) is 102. The van der Waals surface area contributed by atoms with Crippen molar-refractivity contribution in [3.05, 3.63) is 6.55 Å². The van der Waals surface area contributed by atoms with Gasteiger partial charge in [0.1, 0.15) is 0 Å². The monoisotopic (exact) mass is 959 g/mol. The minimum Gasteiger partial charge on any atom is -0.351 e. The Labute approximate surface area is 396 Å². The van der Waals surface area contributed by atoms with Crippen molar-refractivity contribution in [1.29, 1.82) is 0 Å². The van der Waals surface area contributed by atoms with Gasteiger partial charge < -0.3 is 23.9 Å². The van der Waals surface area contributed by atoms with Gasteiger partial charge in [-0.2, -0.15) is 0 Å². The minimum atomic E-state index is -0.795. The van der Waals surface area contributed by atoms with Crippen molar-refractivity contribution in [1.82, 2.24) is 0 Å². The molecular weight excluding hydrogens is 898 g/mol. The first-order valence-corrected chi connectivity index (χ1v) is 32.0. The molecule has 4 bridgehead atoms. The topological polar surface area (TPSA) is 0 Å². The Morgan fingerprint density at radius 2 is 1.25 bits per heavy atom. The first kappa shape index (κ1) is 32.2. The van der Waals surface area contributed by atoms with Crippen LogP contribution in [0.1, 0.15) is 79.1 Å². The van der Waals surface area contributed by atoms with Crippen LogP contribution in [0.3, 0.4) is 0 Å². The molecular formula is C59H61FPSSeSi-3. The summed E-state index contributed by atoms with van der Waals surface area (Å²) in [4.78, 5) is 0. The third-order valence-electron chi connectivity index (χ3n) is 41.5. The van der Waals surface area contributed by atoms with E-state index in [0.29, 0.717) is 0 Å². The SMILES string of the molecule is C.C.C1CC23C4C5CC6C7C8CC9C%10C%11CC%12C%13C%14CC%15C%16%17C%18CCC%19C%20C4C24C2C%21C%22C%23%24C(C%25C%26C%19C%204C%262C%25%21%23)C%18C%24%16C%222C4(C1)C9(CC8C7C653)C%101C%11%12C%133C%14%15C%172C413.FP[C-]=S.[CH-]=[Se].[CH2-][SiH3]. The maximum absolute atomic E-state index is 10.5. The molecule has 0 aromatic carbocycles. The molecule has 32 aliphatic rings. The molecule has 32 saturated carbocycles. The number of fused-ring (bicyclic) bond motifs is 12. The zero-order chi connectivity index (χ0) is 38.5. The zero-order valence-corrected chi connectivity index (χ0v) is 41.1. The molecule has 328 valence electrons. The molecule has 0 N–H and O–H groups in total. The Kier molecular flexibility index (Phi) is 3.23. The fraction of sp³-hybridized carbons (Fsp3) is 0.949. The van der Waals surface area contributed by atoms with Gasteiger partial charge in [-0.15, -0.1) is 10.2 Å². The quantitative estimate of drug-likeness (QED) is 0.110. The van der Waals surface area contributed by atoms with Gasteiger partial charge in [0.05, 0.1) is 0 Å². The number of thiocarbonyl (C=S) groups is 1. The van der Waals surface area contributed by atoms with E-state index in [4.69, 9.17) is 0 Å². The van der Waals surface area contributed by atoms with Gasteiger partial charge in [0.15, 0.2) is 0 Å². The average molecular weight is 959 g/mol. The van der Waals surface area contributed by atoms with Gasteiger partial charge in [-0.25, -0.2) is 0 Å². The van der Waals surface area contributed by atoms with Crippen LogP contribution in [-0.4, -0.2) is 36.4 Å². The van der Waals surface area contributed by atoms with Gasteiger partial charge in [0.25, 0.3) is 0 Å². The molecule has 18 spiro atoms. The van der Waals surface area contributed by atoms with Crippen molar-refractivity contribution in [2.24, 2.45) is 251 Å². The van der Waals surface area contributed by atoms with E-state index in [2.05, 4.69) is 39.8 Å². The number of rotatable bonds is 1. The molecule has 0 nitrogen and oxygen atoms in total. The van der Waals surface area contributed by atoms with Gasteiger partial charge in [0, 0.05) is 0 Å². The van der Waals surface area contributed by atoms with Crippen molar-refractivity contribution in [3.8, 4) is 0 Å². The van der Waals surface area contributed by atoms with Gasteiger partial charge in [0.2, 0.25) is 0 Å². The fourth-order valence-corrected chi connectivity index (χ4v) is 49.9.